The van der Waals surface area contributed by atoms with Crippen LogP contribution in [0.3, 0.4) is 0 Å². The first kappa shape index (κ1) is 17.7. The van der Waals surface area contributed by atoms with E-state index in [-0.39, 0.29) is 4.90 Å². The molecule has 1 aromatic rings. The third-order valence-electron chi connectivity index (χ3n) is 2.12. The first-order valence-electron chi connectivity index (χ1n) is 6.17. The third-order valence-corrected chi connectivity index (χ3v) is 3.38. The lowest BCUT2D eigenvalue weighted by molar-refractivity contribution is 0.0515. The Morgan fingerprint density at radius 3 is 2.14 bits per heavy atom. The molecule has 0 saturated heterocycles. The highest BCUT2D eigenvalue weighted by Crippen LogP contribution is 2.13. The van der Waals surface area contributed by atoms with Crippen molar-refractivity contribution in [2.45, 2.75) is 31.3 Å². The summed E-state index contributed by atoms with van der Waals surface area (Å²) in [6.45, 7) is 4.93. The molecule has 0 aliphatic heterocycles. The number of primary amides is 1. The van der Waals surface area contributed by atoms with Crippen molar-refractivity contribution in [1.29, 1.82) is 0 Å². The number of ether oxygens (including phenoxy) is 1. The van der Waals surface area contributed by atoms with Gasteiger partial charge in [-0.1, -0.05) is 0 Å². The van der Waals surface area contributed by atoms with E-state index in [4.69, 9.17) is 10.5 Å². The highest BCUT2D eigenvalue weighted by molar-refractivity contribution is 7.89. The molecule has 0 saturated carbocycles. The van der Waals surface area contributed by atoms with Gasteiger partial charge in [0.05, 0.1) is 4.90 Å². The van der Waals surface area contributed by atoms with E-state index in [9.17, 15) is 18.0 Å². The van der Waals surface area contributed by atoms with Gasteiger partial charge in [-0.15, -0.1) is 4.83 Å². The largest absolute Gasteiger partial charge is 0.443 e. The summed E-state index contributed by atoms with van der Waals surface area (Å²) in [6, 6.07) is 4.43. The van der Waals surface area contributed by atoms with E-state index in [0.717, 1.165) is 0 Å². The molecule has 0 aliphatic rings. The molecule has 1 aromatic carbocycles. The van der Waals surface area contributed by atoms with Gasteiger partial charge in [-0.05, 0) is 45.0 Å². The molecular weight excluding hydrogens is 312 g/mol. The molecule has 0 aromatic heterocycles. The van der Waals surface area contributed by atoms with Crippen LogP contribution in [0.15, 0.2) is 29.2 Å². The number of sulfonamides is 1. The van der Waals surface area contributed by atoms with Crippen LogP contribution in [0.4, 0.5) is 15.3 Å². The van der Waals surface area contributed by atoms with Crippen LogP contribution in [0, 0.1) is 0 Å². The molecule has 0 atom stereocenters. The fourth-order valence-electron chi connectivity index (χ4n) is 1.33. The topological polar surface area (TPSA) is 140 Å². The Kier molecular flexibility index (Phi) is 5.33. The van der Waals surface area contributed by atoms with Crippen molar-refractivity contribution < 1.29 is 22.7 Å². The van der Waals surface area contributed by atoms with Crippen molar-refractivity contribution in [2.24, 2.45) is 5.73 Å². The summed E-state index contributed by atoms with van der Waals surface area (Å²) < 4.78 is 28.8. The van der Waals surface area contributed by atoms with Crippen molar-refractivity contribution in [1.82, 2.24) is 10.3 Å². The van der Waals surface area contributed by atoms with E-state index in [1.165, 1.54) is 24.3 Å². The molecular formula is C12H18N4O5S. The Morgan fingerprint density at radius 1 is 1.14 bits per heavy atom. The lowest BCUT2D eigenvalue weighted by Gasteiger charge is -2.19. The van der Waals surface area contributed by atoms with E-state index in [1.54, 1.807) is 20.8 Å². The van der Waals surface area contributed by atoms with E-state index in [0.29, 0.717) is 5.69 Å². The van der Waals surface area contributed by atoms with E-state index >= 15 is 0 Å². The molecule has 0 aliphatic carbocycles. The molecule has 0 fully saturated rings. The molecule has 1 rings (SSSR count). The summed E-state index contributed by atoms with van der Waals surface area (Å²) in [5.74, 6) is 0. The molecule has 10 heteroatoms. The number of anilines is 1. The number of hydrazine groups is 1. The Hall–Kier alpha value is -2.33. The van der Waals surface area contributed by atoms with Crippen LogP contribution in [-0.2, 0) is 14.8 Å². The minimum absolute atomic E-state index is 0.112. The van der Waals surface area contributed by atoms with Crippen molar-refractivity contribution >= 4 is 27.8 Å². The lowest BCUT2D eigenvalue weighted by Crippen LogP contribution is -2.44. The van der Waals surface area contributed by atoms with Crippen molar-refractivity contribution in [3.8, 4) is 0 Å². The fourth-order valence-corrected chi connectivity index (χ4v) is 2.16. The average molecular weight is 330 g/mol. The maximum Gasteiger partial charge on any atom is 0.423 e. The number of amides is 3. The number of carbonyl (C=O) groups is 2. The Balaban J connectivity index is 2.70. The second kappa shape index (κ2) is 6.62. The SMILES string of the molecule is CC(C)(C)OC(=O)NNS(=O)(=O)c1ccc(NC(N)=O)cc1. The van der Waals surface area contributed by atoms with Crippen LogP contribution in [0.25, 0.3) is 0 Å². The zero-order valence-electron chi connectivity index (χ0n) is 12.3. The highest BCUT2D eigenvalue weighted by Gasteiger charge is 2.19. The average Bonchev–Trinajstić information content (AvgIpc) is 2.34. The normalized spacial score (nSPS) is 11.6. The lowest BCUT2D eigenvalue weighted by atomic mass is 10.2. The van der Waals surface area contributed by atoms with Crippen molar-refractivity contribution in [2.75, 3.05) is 5.32 Å². The summed E-state index contributed by atoms with van der Waals surface area (Å²) in [5.41, 5.74) is 6.46. The van der Waals surface area contributed by atoms with E-state index in [2.05, 4.69) is 5.32 Å². The summed E-state index contributed by atoms with van der Waals surface area (Å²) in [4.78, 5) is 23.8. The van der Waals surface area contributed by atoms with Crippen LogP contribution in [0.2, 0.25) is 0 Å². The number of hydrogen-bond acceptors (Lipinski definition) is 5. The van der Waals surface area contributed by atoms with Gasteiger partial charge in [0.1, 0.15) is 5.60 Å². The maximum absolute atomic E-state index is 11.9. The second-order valence-electron chi connectivity index (χ2n) is 5.25. The van der Waals surface area contributed by atoms with Crippen molar-refractivity contribution in [3.63, 3.8) is 0 Å². The number of rotatable bonds is 4. The predicted octanol–water partition coefficient (Wildman–Crippen LogP) is 0.895. The molecule has 0 bridgehead atoms. The zero-order valence-corrected chi connectivity index (χ0v) is 13.2. The van der Waals surface area contributed by atoms with Gasteiger partial charge in [-0.3, -0.25) is 0 Å². The van der Waals surface area contributed by atoms with Crippen molar-refractivity contribution in [3.05, 3.63) is 24.3 Å². The highest BCUT2D eigenvalue weighted by atomic mass is 32.2. The third kappa shape index (κ3) is 5.97. The maximum atomic E-state index is 11.9. The number of hydrogen-bond donors (Lipinski definition) is 4. The Morgan fingerprint density at radius 2 is 1.68 bits per heavy atom. The van der Waals surface area contributed by atoms with E-state index < -0.39 is 27.7 Å². The summed E-state index contributed by atoms with van der Waals surface area (Å²) in [7, 11) is -3.96. The molecule has 0 heterocycles. The summed E-state index contributed by atoms with van der Waals surface area (Å²) in [6.07, 6.45) is -0.928. The number of urea groups is 1. The van der Waals surface area contributed by atoms with Crippen LogP contribution >= 0.6 is 0 Å². The standard InChI is InChI=1S/C12H18N4O5S/c1-12(2,3)21-11(18)15-16-22(19,20)9-6-4-8(5-7-9)14-10(13)17/h4-7,16H,1-3H3,(H,15,18)(H3,13,14,17). The second-order valence-corrected chi connectivity index (χ2v) is 6.93. The predicted molar refractivity (Wildman–Crippen MR) is 79.3 cm³/mol. The molecule has 5 N–H and O–H groups in total. The first-order chi connectivity index (χ1) is 9.99. The molecule has 0 radical (unpaired) electrons. The summed E-state index contributed by atoms with van der Waals surface area (Å²) >= 11 is 0. The molecule has 22 heavy (non-hydrogen) atoms. The zero-order chi connectivity index (χ0) is 17.0. The van der Waals surface area contributed by atoms with Gasteiger partial charge in [0.2, 0.25) is 0 Å². The van der Waals surface area contributed by atoms with Gasteiger partial charge in [0.25, 0.3) is 10.0 Å². The van der Waals surface area contributed by atoms with Gasteiger partial charge in [-0.2, -0.15) is 0 Å². The monoisotopic (exact) mass is 330 g/mol. The Labute approximate surface area is 128 Å². The minimum Gasteiger partial charge on any atom is -0.443 e. The Bertz CT molecular complexity index is 649. The molecule has 3 amide bonds. The van der Waals surface area contributed by atoms with Gasteiger partial charge in [-0.25, -0.2) is 23.4 Å². The number of nitrogens with one attached hydrogen (secondary N) is 3. The summed E-state index contributed by atoms with van der Waals surface area (Å²) in [5, 5.41) is 2.29. The minimum atomic E-state index is -3.96. The molecule has 9 nitrogen and oxygen atoms in total. The number of carbonyl (C=O) groups excluding carboxylic acids is 2. The number of benzene rings is 1. The van der Waals surface area contributed by atoms with Gasteiger partial charge < -0.3 is 15.8 Å². The fraction of sp³-hybridized carbons (Fsp3) is 0.333. The van der Waals surface area contributed by atoms with Crippen LogP contribution in [0.5, 0.6) is 0 Å². The quantitative estimate of drug-likeness (QED) is 0.607. The van der Waals surface area contributed by atoms with E-state index in [1.807, 2.05) is 10.3 Å². The first-order valence-corrected chi connectivity index (χ1v) is 7.65. The van der Waals surface area contributed by atoms with Crippen LogP contribution in [0.1, 0.15) is 20.8 Å². The number of nitrogens with two attached hydrogens (primary N) is 1. The van der Waals surface area contributed by atoms with Crippen LogP contribution < -0.4 is 21.3 Å². The smallest absolute Gasteiger partial charge is 0.423 e. The molecule has 122 valence electrons. The van der Waals surface area contributed by atoms with Crippen LogP contribution in [-0.4, -0.2) is 26.1 Å². The molecule has 0 unspecified atom stereocenters. The van der Waals surface area contributed by atoms with Gasteiger partial charge in [0.15, 0.2) is 0 Å². The molecule has 0 spiro atoms. The van der Waals surface area contributed by atoms with Gasteiger partial charge in [0, 0.05) is 5.69 Å². The van der Waals surface area contributed by atoms with Gasteiger partial charge >= 0.3 is 12.1 Å².